The van der Waals surface area contributed by atoms with Gasteiger partial charge in [-0.2, -0.15) is 26.3 Å². The van der Waals surface area contributed by atoms with Crippen LogP contribution in [0.3, 0.4) is 0 Å². The molecule has 0 unspecified atom stereocenters. The Kier molecular flexibility index (Phi) is 7.90. The molecule has 0 radical (unpaired) electrons. The van der Waals surface area contributed by atoms with Crippen LogP contribution < -0.4 is 0 Å². The zero-order valence-corrected chi connectivity index (χ0v) is 21.3. The van der Waals surface area contributed by atoms with E-state index in [1.807, 2.05) is 0 Å². The van der Waals surface area contributed by atoms with E-state index < -0.39 is 64.1 Å². The second kappa shape index (κ2) is 9.58. The Morgan fingerprint density at radius 2 is 0.686 bits per heavy atom. The molecular weight excluding hydrogens is 470 g/mol. The number of hydrogen-bond donors (Lipinski definition) is 2. The maximum absolute atomic E-state index is 15.4. The summed E-state index contributed by atoms with van der Waals surface area (Å²) >= 11 is 0. The molecule has 0 fully saturated rings. The van der Waals surface area contributed by atoms with E-state index in [4.69, 9.17) is 0 Å². The van der Waals surface area contributed by atoms with Crippen LogP contribution in [-0.4, -0.2) is 22.6 Å². The number of halogens is 6. The van der Waals surface area contributed by atoms with Gasteiger partial charge in [0.2, 0.25) is 5.41 Å². The van der Waals surface area contributed by atoms with Gasteiger partial charge in [-0.25, -0.2) is 0 Å². The molecule has 0 atom stereocenters. The fraction of sp³-hybridized carbons (Fsp3) is 0.556. The van der Waals surface area contributed by atoms with Crippen molar-refractivity contribution in [1.82, 2.24) is 0 Å². The summed E-state index contributed by atoms with van der Waals surface area (Å²) in [5.41, 5.74) is -7.06. The smallest absolute Gasteiger partial charge is 0.411 e. The molecule has 0 aliphatic heterocycles. The summed E-state index contributed by atoms with van der Waals surface area (Å²) in [6.07, 6.45) is -11.6. The predicted octanol–water partition coefficient (Wildman–Crippen LogP) is 9.00. The maximum atomic E-state index is 15.4. The zero-order chi connectivity index (χ0) is 27.3. The number of alkyl halides is 6. The maximum Gasteiger partial charge on any atom is 0.411 e. The average molecular weight is 505 g/mol. The molecule has 8 heteroatoms. The van der Waals surface area contributed by atoms with Crippen LogP contribution in [0.1, 0.15) is 112 Å². The number of phenols is 2. The summed E-state index contributed by atoms with van der Waals surface area (Å²) in [7, 11) is 0. The third kappa shape index (κ3) is 4.85. The van der Waals surface area contributed by atoms with Crippen LogP contribution in [-0.2, 0) is 5.41 Å². The van der Waals surface area contributed by atoms with Crippen LogP contribution in [0, 0.1) is 0 Å². The number of benzene rings is 2. The Balaban J connectivity index is 3.48. The molecule has 0 aliphatic carbocycles. The molecule has 196 valence electrons. The van der Waals surface area contributed by atoms with Crippen LogP contribution in [0.5, 0.6) is 11.5 Å². The van der Waals surface area contributed by atoms with Gasteiger partial charge in [-0.15, -0.1) is 0 Å². The molecule has 0 bridgehead atoms. The highest BCUT2D eigenvalue weighted by atomic mass is 19.4. The lowest BCUT2D eigenvalue weighted by molar-refractivity contribution is -0.289. The molecule has 0 amide bonds. The first-order valence-corrected chi connectivity index (χ1v) is 11.7. The highest BCUT2D eigenvalue weighted by Gasteiger charge is 2.74. The van der Waals surface area contributed by atoms with Crippen LogP contribution in [0.2, 0.25) is 0 Å². The third-order valence-corrected chi connectivity index (χ3v) is 6.46. The molecule has 0 heterocycles. The number of hydrogen-bond acceptors (Lipinski definition) is 2. The number of rotatable bonds is 6. The Hall–Kier alpha value is -2.38. The van der Waals surface area contributed by atoms with Gasteiger partial charge in [0, 0.05) is 0 Å². The molecule has 0 spiro atoms. The minimum Gasteiger partial charge on any atom is -0.508 e. The minimum absolute atomic E-state index is 0.221. The van der Waals surface area contributed by atoms with Crippen LogP contribution in [0.25, 0.3) is 0 Å². The van der Waals surface area contributed by atoms with Crippen LogP contribution in [0.4, 0.5) is 26.3 Å². The van der Waals surface area contributed by atoms with Gasteiger partial charge in [-0.3, -0.25) is 0 Å². The molecule has 0 saturated carbocycles. The third-order valence-electron chi connectivity index (χ3n) is 6.46. The second-order valence-electron chi connectivity index (χ2n) is 10.4. The summed E-state index contributed by atoms with van der Waals surface area (Å²) in [5, 5.41) is 20.6. The zero-order valence-electron chi connectivity index (χ0n) is 21.3. The van der Waals surface area contributed by atoms with Gasteiger partial charge in [0.25, 0.3) is 0 Å². The van der Waals surface area contributed by atoms with E-state index in [2.05, 4.69) is 0 Å². The molecule has 0 aromatic heterocycles. The quantitative estimate of drug-likeness (QED) is 0.385. The van der Waals surface area contributed by atoms with E-state index in [1.54, 1.807) is 0 Å². The molecule has 2 rings (SSSR count). The van der Waals surface area contributed by atoms with Crippen molar-refractivity contribution in [3.63, 3.8) is 0 Å². The Labute approximate surface area is 203 Å². The van der Waals surface area contributed by atoms with Gasteiger partial charge in [0.05, 0.1) is 0 Å². The molecule has 2 nitrogen and oxygen atoms in total. The van der Waals surface area contributed by atoms with Crippen molar-refractivity contribution in [1.29, 1.82) is 0 Å². The largest absolute Gasteiger partial charge is 0.508 e. The minimum atomic E-state index is -5.79. The molecule has 0 aliphatic rings. The second-order valence-corrected chi connectivity index (χ2v) is 10.4. The van der Waals surface area contributed by atoms with Gasteiger partial charge < -0.3 is 10.2 Å². The summed E-state index contributed by atoms with van der Waals surface area (Å²) < 4.78 is 92.2. The van der Waals surface area contributed by atoms with Gasteiger partial charge in [-0.1, -0.05) is 55.4 Å². The van der Waals surface area contributed by atoms with Crippen LogP contribution in [0.15, 0.2) is 24.3 Å². The summed E-state index contributed by atoms with van der Waals surface area (Å²) in [4.78, 5) is 0. The summed E-state index contributed by atoms with van der Waals surface area (Å²) in [5.74, 6) is -3.78. The summed E-state index contributed by atoms with van der Waals surface area (Å²) in [6.45, 7) is 12.0. The van der Waals surface area contributed by atoms with Crippen molar-refractivity contribution in [2.75, 3.05) is 0 Å². The molecule has 2 N–H and O–H groups in total. The predicted molar refractivity (Wildman–Crippen MR) is 125 cm³/mol. The van der Waals surface area contributed by atoms with Crippen molar-refractivity contribution >= 4 is 0 Å². The first kappa shape index (κ1) is 28.9. The summed E-state index contributed by atoms with van der Waals surface area (Å²) in [6, 6.07) is 4.01. The SMILES string of the molecule is CC(C)c1cc(O)cc(C(C)C)c1C(c1c(C(C)C)cc(O)cc1C(C)C)(C(F)(F)F)C(F)(F)F. The monoisotopic (exact) mass is 504 g/mol. The van der Waals surface area contributed by atoms with Gasteiger partial charge in [-0.05, 0) is 81.3 Å². The number of aromatic hydroxyl groups is 2. The highest BCUT2D eigenvalue weighted by molar-refractivity contribution is 5.61. The van der Waals surface area contributed by atoms with E-state index in [1.165, 1.54) is 55.4 Å². The van der Waals surface area contributed by atoms with Crippen molar-refractivity contribution in [2.24, 2.45) is 0 Å². The topological polar surface area (TPSA) is 40.5 Å². The first-order valence-electron chi connectivity index (χ1n) is 11.7. The molecular formula is C27H34F6O2. The van der Waals surface area contributed by atoms with Gasteiger partial charge in [0.15, 0.2) is 0 Å². The van der Waals surface area contributed by atoms with Gasteiger partial charge in [0.1, 0.15) is 11.5 Å². The van der Waals surface area contributed by atoms with E-state index >= 15 is 26.3 Å². The Morgan fingerprint density at radius 1 is 0.486 bits per heavy atom. The van der Waals surface area contributed by atoms with Gasteiger partial charge >= 0.3 is 12.4 Å². The lowest BCUT2D eigenvalue weighted by atomic mass is 9.63. The van der Waals surface area contributed by atoms with Crippen molar-refractivity contribution in [3.8, 4) is 11.5 Å². The normalized spacial score (nSPS) is 13.5. The van der Waals surface area contributed by atoms with Crippen molar-refractivity contribution in [3.05, 3.63) is 57.6 Å². The highest BCUT2D eigenvalue weighted by Crippen LogP contribution is 2.62. The molecule has 35 heavy (non-hydrogen) atoms. The van der Waals surface area contributed by atoms with Crippen molar-refractivity contribution in [2.45, 2.75) is 96.8 Å². The molecule has 2 aromatic rings. The molecule has 2 aromatic carbocycles. The Morgan fingerprint density at radius 3 is 0.829 bits per heavy atom. The first-order chi connectivity index (χ1) is 15.8. The van der Waals surface area contributed by atoms with E-state index in [-0.39, 0.29) is 22.3 Å². The van der Waals surface area contributed by atoms with Crippen LogP contribution >= 0.6 is 0 Å². The Bertz CT molecular complexity index is 919. The van der Waals surface area contributed by atoms with E-state index in [0.717, 1.165) is 24.3 Å². The lowest BCUT2D eigenvalue weighted by Crippen LogP contribution is -2.57. The standard InChI is InChI=1S/C27H34F6O2/c1-13(2)19-9-17(34)10-20(14(3)4)23(19)25(26(28,29)30,27(31,32)33)24-21(15(5)6)11-18(35)12-22(24)16(7)8/h9-16,34-35H,1-8H3. The van der Waals surface area contributed by atoms with E-state index in [0.29, 0.717) is 0 Å². The number of phenolic OH excluding ortho intramolecular Hbond substituents is 2. The molecule has 0 saturated heterocycles. The average Bonchev–Trinajstić information content (AvgIpc) is 2.66. The fourth-order valence-electron chi connectivity index (χ4n) is 4.88. The van der Waals surface area contributed by atoms with E-state index in [9.17, 15) is 10.2 Å². The fourth-order valence-corrected chi connectivity index (χ4v) is 4.88. The lowest BCUT2D eigenvalue weighted by Gasteiger charge is -2.44. The van der Waals surface area contributed by atoms with Crippen molar-refractivity contribution < 1.29 is 36.6 Å².